The molecule has 0 bridgehead atoms. The van der Waals surface area contributed by atoms with E-state index in [9.17, 15) is 4.79 Å². The van der Waals surface area contributed by atoms with Crippen LogP contribution in [0.1, 0.15) is 96.5 Å². The number of esters is 1. The third-order valence-corrected chi connectivity index (χ3v) is 6.14. The summed E-state index contributed by atoms with van der Waals surface area (Å²) in [7, 11) is 4.54. The highest BCUT2D eigenvalue weighted by Crippen LogP contribution is 2.21. The Labute approximate surface area is 186 Å². The molecular weight excluding hydrogens is 370 g/mol. The summed E-state index contributed by atoms with van der Waals surface area (Å²) < 4.78 is 6.72. The predicted octanol–water partition coefficient (Wildman–Crippen LogP) is 7.31. The number of aryl methyl sites for hydroxylation is 1. The molecular formula is C27H48NO2+. The summed E-state index contributed by atoms with van der Waals surface area (Å²) in [4.78, 5) is 12.9. The second-order valence-corrected chi connectivity index (χ2v) is 9.72. The molecule has 172 valence electrons. The smallest absolute Gasteiger partial charge is 0.314 e. The van der Waals surface area contributed by atoms with Crippen LogP contribution in [0.5, 0.6) is 5.75 Å². The van der Waals surface area contributed by atoms with E-state index in [4.69, 9.17) is 4.74 Å². The number of rotatable bonds is 17. The highest BCUT2D eigenvalue weighted by molar-refractivity contribution is 5.75. The third kappa shape index (κ3) is 12.4. The Hall–Kier alpha value is -1.35. The molecule has 0 saturated heterocycles. The second-order valence-electron chi connectivity index (χ2n) is 9.72. The number of unbranched alkanes of at least 4 members (excludes halogenated alkanes) is 8. The van der Waals surface area contributed by atoms with E-state index in [0.717, 1.165) is 36.8 Å². The summed E-state index contributed by atoms with van der Waals surface area (Å²) in [5.74, 6) is 0.630. The lowest BCUT2D eigenvalue weighted by atomic mass is 9.96. The van der Waals surface area contributed by atoms with Gasteiger partial charge in [-0.3, -0.25) is 4.79 Å². The van der Waals surface area contributed by atoms with E-state index in [0.29, 0.717) is 5.75 Å². The topological polar surface area (TPSA) is 26.3 Å². The van der Waals surface area contributed by atoms with Crippen molar-refractivity contribution in [1.82, 2.24) is 0 Å². The summed E-state index contributed by atoms with van der Waals surface area (Å²) in [6.07, 6.45) is 14.8. The first kappa shape index (κ1) is 26.7. The zero-order valence-electron chi connectivity index (χ0n) is 20.5. The molecule has 0 aliphatic carbocycles. The predicted molar refractivity (Wildman–Crippen MR) is 129 cm³/mol. The molecule has 3 nitrogen and oxygen atoms in total. The summed E-state index contributed by atoms with van der Waals surface area (Å²) in [5.41, 5.74) is 1.18. The van der Waals surface area contributed by atoms with E-state index < -0.39 is 0 Å². The third-order valence-electron chi connectivity index (χ3n) is 6.14. The number of carbonyl (C=O) groups is 1. The molecule has 0 saturated carbocycles. The van der Waals surface area contributed by atoms with Crippen LogP contribution in [0, 0.1) is 12.8 Å². The van der Waals surface area contributed by atoms with Crippen LogP contribution in [0.3, 0.4) is 0 Å². The molecule has 1 atom stereocenters. The SMILES string of the molecule is CCCCCCCCCCCC(CC[N+](C)(C)CCC)C(=O)Oc1ccc(C)cc1. The summed E-state index contributed by atoms with van der Waals surface area (Å²) in [5, 5.41) is 0. The van der Waals surface area contributed by atoms with Gasteiger partial charge in [0.2, 0.25) is 0 Å². The Morgan fingerprint density at radius 2 is 1.37 bits per heavy atom. The Kier molecular flexibility index (Phi) is 13.7. The molecule has 0 aliphatic rings. The van der Waals surface area contributed by atoms with Gasteiger partial charge in [0.1, 0.15) is 5.75 Å². The summed E-state index contributed by atoms with van der Waals surface area (Å²) >= 11 is 0. The van der Waals surface area contributed by atoms with E-state index >= 15 is 0 Å². The van der Waals surface area contributed by atoms with Gasteiger partial charge in [0.15, 0.2) is 0 Å². The average Bonchev–Trinajstić information content (AvgIpc) is 2.70. The first-order valence-electron chi connectivity index (χ1n) is 12.5. The van der Waals surface area contributed by atoms with Crippen molar-refractivity contribution in [3.8, 4) is 5.75 Å². The first-order chi connectivity index (χ1) is 14.4. The molecule has 0 radical (unpaired) electrons. The van der Waals surface area contributed by atoms with Crippen molar-refractivity contribution in [2.75, 3.05) is 27.2 Å². The monoisotopic (exact) mass is 418 g/mol. The van der Waals surface area contributed by atoms with Gasteiger partial charge in [-0.15, -0.1) is 0 Å². The maximum Gasteiger partial charge on any atom is 0.314 e. The minimum Gasteiger partial charge on any atom is -0.426 e. The van der Waals surface area contributed by atoms with Crippen LogP contribution in [0.25, 0.3) is 0 Å². The number of hydrogen-bond donors (Lipinski definition) is 0. The van der Waals surface area contributed by atoms with Crippen LogP contribution in [-0.2, 0) is 4.79 Å². The standard InChI is InChI=1S/C27H48NO2/c1-6-8-9-10-11-12-13-14-15-16-25(21-23-28(4,5)22-7-2)27(29)30-26-19-17-24(3)18-20-26/h17-20,25H,6-16,21-23H2,1-5H3/q+1. The van der Waals surface area contributed by atoms with Crippen molar-refractivity contribution < 1.29 is 14.0 Å². The van der Waals surface area contributed by atoms with Gasteiger partial charge in [0.25, 0.3) is 0 Å². The number of carbonyl (C=O) groups excluding carboxylic acids is 1. The van der Waals surface area contributed by atoms with Crippen molar-refractivity contribution in [2.24, 2.45) is 5.92 Å². The zero-order valence-corrected chi connectivity index (χ0v) is 20.5. The molecule has 1 aromatic rings. The van der Waals surface area contributed by atoms with Crippen LogP contribution in [0.2, 0.25) is 0 Å². The van der Waals surface area contributed by atoms with E-state index in [-0.39, 0.29) is 11.9 Å². The summed E-state index contributed by atoms with van der Waals surface area (Å²) in [6.45, 7) is 8.72. The second kappa shape index (κ2) is 15.5. The van der Waals surface area contributed by atoms with Crippen LogP contribution in [0.4, 0.5) is 0 Å². The molecule has 0 N–H and O–H groups in total. The average molecular weight is 419 g/mol. The number of ether oxygens (including phenoxy) is 1. The first-order valence-corrected chi connectivity index (χ1v) is 12.5. The van der Waals surface area contributed by atoms with E-state index in [1.165, 1.54) is 63.4 Å². The number of nitrogens with zero attached hydrogens (tertiary/aromatic N) is 1. The lowest BCUT2D eigenvalue weighted by molar-refractivity contribution is -0.890. The van der Waals surface area contributed by atoms with Gasteiger partial charge in [0, 0.05) is 6.42 Å². The maximum atomic E-state index is 12.9. The number of quaternary nitrogens is 1. The van der Waals surface area contributed by atoms with Gasteiger partial charge in [-0.1, -0.05) is 89.3 Å². The molecule has 0 heterocycles. The van der Waals surface area contributed by atoms with Gasteiger partial charge in [0.05, 0.1) is 33.1 Å². The van der Waals surface area contributed by atoms with Crippen molar-refractivity contribution in [2.45, 2.75) is 97.8 Å². The molecule has 1 rings (SSSR count). The van der Waals surface area contributed by atoms with Crippen molar-refractivity contribution >= 4 is 5.97 Å². The van der Waals surface area contributed by atoms with Gasteiger partial charge in [-0.25, -0.2) is 0 Å². The summed E-state index contributed by atoms with van der Waals surface area (Å²) in [6, 6.07) is 7.80. The minimum atomic E-state index is -0.0464. The maximum absolute atomic E-state index is 12.9. The normalized spacial score (nSPS) is 12.7. The fraction of sp³-hybridized carbons (Fsp3) is 0.741. The fourth-order valence-electron chi connectivity index (χ4n) is 4.11. The van der Waals surface area contributed by atoms with Gasteiger partial charge in [-0.05, 0) is 31.9 Å². The van der Waals surface area contributed by atoms with Crippen LogP contribution in [-0.4, -0.2) is 37.6 Å². The van der Waals surface area contributed by atoms with Crippen LogP contribution >= 0.6 is 0 Å². The fourth-order valence-corrected chi connectivity index (χ4v) is 4.11. The molecule has 30 heavy (non-hydrogen) atoms. The van der Waals surface area contributed by atoms with Crippen LogP contribution in [0.15, 0.2) is 24.3 Å². The van der Waals surface area contributed by atoms with Crippen LogP contribution < -0.4 is 4.74 Å². The van der Waals surface area contributed by atoms with Gasteiger partial charge >= 0.3 is 5.97 Å². The van der Waals surface area contributed by atoms with Crippen molar-refractivity contribution in [3.63, 3.8) is 0 Å². The van der Waals surface area contributed by atoms with Crippen molar-refractivity contribution in [1.29, 1.82) is 0 Å². The Bertz CT molecular complexity index is 565. The Morgan fingerprint density at radius 1 is 0.800 bits per heavy atom. The molecule has 0 fully saturated rings. The number of benzene rings is 1. The van der Waals surface area contributed by atoms with E-state index in [2.05, 4.69) is 27.9 Å². The largest absolute Gasteiger partial charge is 0.426 e. The Balaban J connectivity index is 2.47. The highest BCUT2D eigenvalue weighted by atomic mass is 16.5. The van der Waals surface area contributed by atoms with Gasteiger partial charge in [-0.2, -0.15) is 0 Å². The lowest BCUT2D eigenvalue weighted by Gasteiger charge is -2.30. The molecule has 1 aromatic carbocycles. The molecule has 0 amide bonds. The van der Waals surface area contributed by atoms with Gasteiger partial charge < -0.3 is 9.22 Å². The zero-order chi connectivity index (χ0) is 22.2. The molecule has 0 spiro atoms. The molecule has 0 aliphatic heterocycles. The minimum absolute atomic E-state index is 0.00473. The highest BCUT2D eigenvalue weighted by Gasteiger charge is 2.24. The van der Waals surface area contributed by atoms with E-state index in [1.54, 1.807) is 0 Å². The Morgan fingerprint density at radius 3 is 1.93 bits per heavy atom. The molecule has 1 unspecified atom stereocenters. The molecule has 0 aromatic heterocycles. The van der Waals surface area contributed by atoms with Crippen molar-refractivity contribution in [3.05, 3.63) is 29.8 Å². The molecule has 3 heteroatoms. The lowest BCUT2D eigenvalue weighted by Crippen LogP contribution is -2.42. The number of hydrogen-bond acceptors (Lipinski definition) is 2. The van der Waals surface area contributed by atoms with E-state index in [1.807, 2.05) is 31.2 Å². The quantitative estimate of drug-likeness (QED) is 0.115.